The van der Waals surface area contributed by atoms with E-state index in [-0.39, 0.29) is 5.91 Å². The summed E-state index contributed by atoms with van der Waals surface area (Å²) in [4.78, 5) is 21.7. The molecule has 160 valence electrons. The second kappa shape index (κ2) is 8.36. The third kappa shape index (κ3) is 4.29. The van der Waals surface area contributed by atoms with Crippen molar-refractivity contribution in [2.45, 2.75) is 20.1 Å². The number of nitrogens with zero attached hydrogens (tertiary/aromatic N) is 4. The van der Waals surface area contributed by atoms with E-state index in [1.54, 1.807) is 30.5 Å². The number of halogens is 1. The van der Waals surface area contributed by atoms with Crippen molar-refractivity contribution >= 4 is 28.8 Å². The van der Waals surface area contributed by atoms with Crippen LogP contribution in [0.25, 0.3) is 11.3 Å². The number of hydrogen-bond donors (Lipinski definition) is 1. The minimum Gasteiger partial charge on any atom is -0.487 e. The molecule has 0 saturated carbocycles. The molecule has 0 spiro atoms. The maximum absolute atomic E-state index is 12.6. The van der Waals surface area contributed by atoms with E-state index in [4.69, 9.17) is 16.3 Å². The minimum absolute atomic E-state index is 0.200. The first kappa shape index (κ1) is 20.1. The van der Waals surface area contributed by atoms with Crippen LogP contribution in [0.4, 0.5) is 0 Å². The topological polar surface area (TPSA) is 72.9 Å². The number of nitrogens with one attached hydrogen (secondary N) is 1. The van der Waals surface area contributed by atoms with E-state index in [1.165, 1.54) is 0 Å². The number of aromatic nitrogens is 4. The van der Waals surface area contributed by atoms with Crippen LogP contribution in [0.2, 0.25) is 5.02 Å². The summed E-state index contributed by atoms with van der Waals surface area (Å²) in [5.41, 5.74) is 4.88. The summed E-state index contributed by atoms with van der Waals surface area (Å²) in [6.07, 6.45) is 7.59. The fourth-order valence-electron chi connectivity index (χ4n) is 3.48. The fourth-order valence-corrected chi connectivity index (χ4v) is 3.65. The van der Waals surface area contributed by atoms with Crippen LogP contribution in [0.1, 0.15) is 27.3 Å². The number of carbonyl (C=O) groups excluding carboxylic acids is 1. The van der Waals surface area contributed by atoms with Crippen LogP contribution in [-0.4, -0.2) is 24.7 Å². The van der Waals surface area contributed by atoms with Crippen molar-refractivity contribution in [2.75, 3.05) is 0 Å². The highest BCUT2D eigenvalue weighted by Crippen LogP contribution is 2.16. The lowest BCUT2D eigenvalue weighted by atomic mass is 10.2. The van der Waals surface area contributed by atoms with E-state index in [0.717, 1.165) is 28.2 Å². The van der Waals surface area contributed by atoms with E-state index < -0.39 is 0 Å². The summed E-state index contributed by atoms with van der Waals surface area (Å²) in [6, 6.07) is 14.7. The van der Waals surface area contributed by atoms with Crippen molar-refractivity contribution in [3.05, 3.63) is 101 Å². The number of benzene rings is 1. The molecule has 0 unspecified atom stereocenters. The summed E-state index contributed by atoms with van der Waals surface area (Å²) in [5.74, 6) is 0.405. The molecule has 8 heteroatoms. The molecule has 32 heavy (non-hydrogen) atoms. The second-order valence-corrected chi connectivity index (χ2v) is 7.98. The van der Waals surface area contributed by atoms with Gasteiger partial charge in [-0.2, -0.15) is 0 Å². The summed E-state index contributed by atoms with van der Waals surface area (Å²) < 4.78 is 9.68. The number of rotatable bonds is 6. The monoisotopic (exact) mass is 445 g/mol. The van der Waals surface area contributed by atoms with Crippen molar-refractivity contribution in [3.8, 4) is 5.75 Å². The van der Waals surface area contributed by atoms with Crippen molar-refractivity contribution in [2.24, 2.45) is 0 Å². The Balaban J connectivity index is 1.22. The first-order valence-electron chi connectivity index (χ1n) is 10.1. The van der Waals surface area contributed by atoms with Gasteiger partial charge in [0.05, 0.1) is 23.0 Å². The summed E-state index contributed by atoms with van der Waals surface area (Å²) in [5, 5.41) is 3.52. The normalized spacial score (nSPS) is 11.2. The van der Waals surface area contributed by atoms with Gasteiger partial charge in [0.15, 0.2) is 0 Å². The van der Waals surface area contributed by atoms with Gasteiger partial charge in [-0.25, -0.2) is 9.97 Å². The largest absolute Gasteiger partial charge is 0.487 e. The van der Waals surface area contributed by atoms with Gasteiger partial charge in [0.25, 0.3) is 5.91 Å². The Bertz CT molecular complexity index is 1440. The molecular weight excluding hydrogens is 426 g/mol. The standard InChI is InChI=1S/C24H20ClN5O2/c1-16-5-7-22-28-20(14-29(22)11-16)15-32-21-4-2-3-17(9-21)24(31)26-10-19-13-30-12-18(25)6-8-23(30)27-19/h2-9,11-14H,10,15H2,1H3,(H,26,31). The van der Waals surface area contributed by atoms with Crippen LogP contribution in [0.5, 0.6) is 5.75 Å². The number of imidazole rings is 2. The van der Waals surface area contributed by atoms with E-state index >= 15 is 0 Å². The van der Waals surface area contributed by atoms with Gasteiger partial charge in [-0.05, 0) is 48.9 Å². The van der Waals surface area contributed by atoms with Crippen molar-refractivity contribution < 1.29 is 9.53 Å². The maximum Gasteiger partial charge on any atom is 0.251 e. The van der Waals surface area contributed by atoms with E-state index in [1.807, 2.05) is 58.6 Å². The molecule has 0 radical (unpaired) electrons. The van der Waals surface area contributed by atoms with Gasteiger partial charge in [-0.1, -0.05) is 23.7 Å². The molecule has 0 saturated heterocycles. The quantitative estimate of drug-likeness (QED) is 0.419. The van der Waals surface area contributed by atoms with Crippen molar-refractivity contribution in [1.29, 1.82) is 0 Å². The molecule has 0 atom stereocenters. The molecule has 0 aliphatic rings. The van der Waals surface area contributed by atoms with Gasteiger partial charge < -0.3 is 18.9 Å². The minimum atomic E-state index is -0.200. The van der Waals surface area contributed by atoms with Gasteiger partial charge in [0.2, 0.25) is 0 Å². The molecular formula is C24H20ClN5O2. The molecule has 0 fully saturated rings. The lowest BCUT2D eigenvalue weighted by Gasteiger charge is -2.07. The van der Waals surface area contributed by atoms with Gasteiger partial charge in [0, 0.05) is 30.4 Å². The second-order valence-electron chi connectivity index (χ2n) is 7.55. The zero-order valence-corrected chi connectivity index (χ0v) is 18.1. The Morgan fingerprint density at radius 1 is 0.969 bits per heavy atom. The average molecular weight is 446 g/mol. The Kier molecular flexibility index (Phi) is 5.25. The number of ether oxygens (including phenoxy) is 1. The highest BCUT2D eigenvalue weighted by molar-refractivity contribution is 6.30. The average Bonchev–Trinajstić information content (AvgIpc) is 3.38. The van der Waals surface area contributed by atoms with Gasteiger partial charge in [-0.3, -0.25) is 4.79 Å². The smallest absolute Gasteiger partial charge is 0.251 e. The van der Waals surface area contributed by atoms with E-state index in [9.17, 15) is 4.79 Å². The van der Waals surface area contributed by atoms with Crippen LogP contribution in [-0.2, 0) is 13.2 Å². The number of carbonyl (C=O) groups is 1. The Morgan fingerprint density at radius 2 is 1.72 bits per heavy atom. The predicted molar refractivity (Wildman–Crippen MR) is 122 cm³/mol. The Morgan fingerprint density at radius 3 is 2.59 bits per heavy atom. The number of fused-ring (bicyclic) bond motifs is 2. The van der Waals surface area contributed by atoms with Crippen LogP contribution in [0.15, 0.2) is 73.3 Å². The molecule has 0 aliphatic heterocycles. The summed E-state index contributed by atoms with van der Waals surface area (Å²) in [7, 11) is 0. The number of pyridine rings is 2. The fraction of sp³-hybridized carbons (Fsp3) is 0.125. The summed E-state index contributed by atoms with van der Waals surface area (Å²) >= 11 is 6.01. The van der Waals surface area contributed by atoms with E-state index in [0.29, 0.717) is 29.5 Å². The lowest BCUT2D eigenvalue weighted by Crippen LogP contribution is -2.22. The molecule has 1 aromatic carbocycles. The van der Waals surface area contributed by atoms with Gasteiger partial charge in [-0.15, -0.1) is 0 Å². The molecule has 0 aliphatic carbocycles. The Labute approximate surface area is 189 Å². The third-order valence-electron chi connectivity index (χ3n) is 5.03. The maximum atomic E-state index is 12.6. The third-order valence-corrected chi connectivity index (χ3v) is 5.25. The summed E-state index contributed by atoms with van der Waals surface area (Å²) in [6.45, 7) is 2.66. The Hall–Kier alpha value is -3.84. The van der Waals surface area contributed by atoms with Crippen LogP contribution < -0.4 is 10.1 Å². The number of aryl methyl sites for hydroxylation is 1. The molecule has 5 rings (SSSR count). The SMILES string of the molecule is Cc1ccc2nc(COc3cccc(C(=O)NCc4cn5cc(Cl)ccc5n4)c3)cn2c1. The van der Waals surface area contributed by atoms with Crippen LogP contribution in [0, 0.1) is 6.92 Å². The molecule has 1 amide bonds. The van der Waals surface area contributed by atoms with Gasteiger partial charge >= 0.3 is 0 Å². The molecule has 5 aromatic rings. The zero-order valence-electron chi connectivity index (χ0n) is 17.3. The highest BCUT2D eigenvalue weighted by Gasteiger charge is 2.09. The van der Waals surface area contributed by atoms with Crippen LogP contribution >= 0.6 is 11.6 Å². The molecule has 4 aromatic heterocycles. The first-order valence-corrected chi connectivity index (χ1v) is 10.5. The van der Waals surface area contributed by atoms with Gasteiger partial charge in [0.1, 0.15) is 23.7 Å². The highest BCUT2D eigenvalue weighted by atomic mass is 35.5. The van der Waals surface area contributed by atoms with Crippen molar-refractivity contribution in [1.82, 2.24) is 24.1 Å². The predicted octanol–water partition coefficient (Wildman–Crippen LogP) is 4.45. The zero-order chi connectivity index (χ0) is 22.1. The molecule has 7 nitrogen and oxygen atoms in total. The molecule has 4 heterocycles. The number of hydrogen-bond acceptors (Lipinski definition) is 4. The van der Waals surface area contributed by atoms with E-state index in [2.05, 4.69) is 15.3 Å². The molecule has 0 bridgehead atoms. The lowest BCUT2D eigenvalue weighted by molar-refractivity contribution is 0.0950. The van der Waals surface area contributed by atoms with Crippen molar-refractivity contribution in [3.63, 3.8) is 0 Å². The first-order chi connectivity index (χ1) is 15.5. The number of amides is 1. The molecule has 1 N–H and O–H groups in total. The van der Waals surface area contributed by atoms with Crippen LogP contribution in [0.3, 0.4) is 0 Å².